The van der Waals surface area contributed by atoms with Crippen molar-refractivity contribution in [3.63, 3.8) is 0 Å². The van der Waals surface area contributed by atoms with Gasteiger partial charge < -0.3 is 10.2 Å². The van der Waals surface area contributed by atoms with Gasteiger partial charge in [-0.1, -0.05) is 25.1 Å². The van der Waals surface area contributed by atoms with Gasteiger partial charge in [0.25, 0.3) is 5.91 Å². The van der Waals surface area contributed by atoms with Crippen molar-refractivity contribution in [1.29, 1.82) is 0 Å². The molecule has 2 aromatic rings. The van der Waals surface area contributed by atoms with Crippen LogP contribution in [0.4, 0.5) is 11.6 Å². The molecule has 1 N–H and O–H groups in total. The second kappa shape index (κ2) is 7.64. The Morgan fingerprint density at radius 2 is 2.04 bits per heavy atom. The van der Waals surface area contributed by atoms with E-state index in [1.807, 2.05) is 31.2 Å². The fraction of sp³-hybridized carbons (Fsp3) is 0.421. The predicted molar refractivity (Wildman–Crippen MR) is 106 cm³/mol. The molecule has 0 aliphatic carbocycles. The van der Waals surface area contributed by atoms with Gasteiger partial charge in [0.2, 0.25) is 5.95 Å². The second-order valence-corrected chi connectivity index (χ2v) is 9.06. The summed E-state index contributed by atoms with van der Waals surface area (Å²) >= 11 is 0. The molecule has 27 heavy (non-hydrogen) atoms. The van der Waals surface area contributed by atoms with Gasteiger partial charge in [-0.25, -0.2) is 18.4 Å². The molecular formula is C19H24N4O3S. The number of hydrogen-bond acceptors (Lipinski definition) is 6. The van der Waals surface area contributed by atoms with Gasteiger partial charge >= 0.3 is 0 Å². The number of amides is 1. The monoisotopic (exact) mass is 388 g/mol. The van der Waals surface area contributed by atoms with E-state index in [1.165, 1.54) is 0 Å². The Kier molecular flexibility index (Phi) is 5.46. The van der Waals surface area contributed by atoms with E-state index in [9.17, 15) is 13.2 Å². The molecule has 1 unspecified atom stereocenters. The standard InChI is InChI=1S/C19H24N4O3S/c1-4-14-7-5-6-8-16(14)21-18(24)17-11-13(2)20-19(22-17)23(3)15-9-10-27(25,26)12-15/h5-8,11,15H,4,9-10,12H2,1-3H3,(H,21,24). The Bertz CT molecular complexity index is 959. The number of anilines is 2. The van der Waals surface area contributed by atoms with Crippen LogP contribution in [0.3, 0.4) is 0 Å². The van der Waals surface area contributed by atoms with Gasteiger partial charge in [0.1, 0.15) is 5.69 Å². The summed E-state index contributed by atoms with van der Waals surface area (Å²) in [6.07, 6.45) is 1.35. The molecule has 1 atom stereocenters. The first-order chi connectivity index (χ1) is 12.8. The van der Waals surface area contributed by atoms with Crippen molar-refractivity contribution in [3.05, 3.63) is 47.3 Å². The molecular weight excluding hydrogens is 364 g/mol. The number of sulfone groups is 1. The van der Waals surface area contributed by atoms with Crippen LogP contribution >= 0.6 is 0 Å². The highest BCUT2D eigenvalue weighted by molar-refractivity contribution is 7.91. The van der Waals surface area contributed by atoms with E-state index in [4.69, 9.17) is 0 Å². The lowest BCUT2D eigenvalue weighted by Crippen LogP contribution is -2.34. The fourth-order valence-electron chi connectivity index (χ4n) is 3.21. The van der Waals surface area contributed by atoms with Crippen LogP contribution in [0.25, 0.3) is 0 Å². The van der Waals surface area contributed by atoms with Crippen molar-refractivity contribution in [2.75, 3.05) is 28.8 Å². The van der Waals surface area contributed by atoms with Gasteiger partial charge in [-0.05, 0) is 37.5 Å². The summed E-state index contributed by atoms with van der Waals surface area (Å²) in [5.74, 6) is 0.322. The zero-order chi connectivity index (χ0) is 19.6. The van der Waals surface area contributed by atoms with Crippen LogP contribution < -0.4 is 10.2 Å². The maximum absolute atomic E-state index is 12.7. The molecule has 0 spiro atoms. The molecule has 1 saturated heterocycles. The minimum atomic E-state index is -3.01. The summed E-state index contributed by atoms with van der Waals surface area (Å²) in [5, 5.41) is 2.91. The smallest absolute Gasteiger partial charge is 0.274 e. The summed E-state index contributed by atoms with van der Waals surface area (Å²) in [6.45, 7) is 3.82. The number of aromatic nitrogens is 2. The normalized spacial score (nSPS) is 18.3. The first-order valence-corrected chi connectivity index (χ1v) is 10.8. The molecule has 0 bridgehead atoms. The van der Waals surface area contributed by atoms with Crippen LogP contribution in [0.1, 0.15) is 35.1 Å². The highest BCUT2D eigenvalue weighted by Crippen LogP contribution is 2.21. The molecule has 0 saturated carbocycles. The third-order valence-electron chi connectivity index (χ3n) is 4.79. The van der Waals surface area contributed by atoms with E-state index in [0.29, 0.717) is 18.1 Å². The van der Waals surface area contributed by atoms with Crippen LogP contribution in [0, 0.1) is 6.92 Å². The largest absolute Gasteiger partial charge is 0.340 e. The number of nitrogens with one attached hydrogen (secondary N) is 1. The quantitative estimate of drug-likeness (QED) is 0.844. The predicted octanol–water partition coefficient (Wildman–Crippen LogP) is 2.22. The average Bonchev–Trinajstić information content (AvgIpc) is 3.00. The number of benzene rings is 1. The molecule has 1 fully saturated rings. The second-order valence-electron chi connectivity index (χ2n) is 6.83. The van der Waals surface area contributed by atoms with E-state index >= 15 is 0 Å². The van der Waals surface area contributed by atoms with Crippen molar-refractivity contribution in [1.82, 2.24) is 9.97 Å². The summed E-state index contributed by atoms with van der Waals surface area (Å²) in [5.41, 5.74) is 2.72. The Morgan fingerprint density at radius 3 is 2.70 bits per heavy atom. The van der Waals surface area contributed by atoms with Gasteiger partial charge in [0.05, 0.1) is 11.5 Å². The van der Waals surface area contributed by atoms with Crippen molar-refractivity contribution in [2.45, 2.75) is 32.7 Å². The fourth-order valence-corrected chi connectivity index (χ4v) is 4.98. The molecule has 2 heterocycles. The van der Waals surface area contributed by atoms with Gasteiger partial charge in [-0.3, -0.25) is 4.79 Å². The van der Waals surface area contributed by atoms with Gasteiger partial charge in [0, 0.05) is 24.5 Å². The summed E-state index contributed by atoms with van der Waals surface area (Å²) in [4.78, 5) is 23.3. The number of hydrogen-bond donors (Lipinski definition) is 1. The van der Waals surface area contributed by atoms with Crippen molar-refractivity contribution < 1.29 is 13.2 Å². The minimum Gasteiger partial charge on any atom is -0.340 e. The average molecular weight is 388 g/mol. The molecule has 0 radical (unpaired) electrons. The molecule has 1 amide bonds. The summed E-state index contributed by atoms with van der Waals surface area (Å²) < 4.78 is 23.5. The Morgan fingerprint density at radius 1 is 1.30 bits per heavy atom. The Hall–Kier alpha value is -2.48. The zero-order valence-electron chi connectivity index (χ0n) is 15.8. The maximum atomic E-state index is 12.7. The van der Waals surface area contributed by atoms with Crippen molar-refractivity contribution in [2.24, 2.45) is 0 Å². The number of aryl methyl sites for hydroxylation is 2. The van der Waals surface area contributed by atoms with E-state index in [2.05, 4.69) is 15.3 Å². The molecule has 1 aromatic heterocycles. The lowest BCUT2D eigenvalue weighted by Gasteiger charge is -2.24. The topological polar surface area (TPSA) is 92.3 Å². The lowest BCUT2D eigenvalue weighted by molar-refractivity contribution is 0.102. The third-order valence-corrected chi connectivity index (χ3v) is 6.54. The highest BCUT2D eigenvalue weighted by Gasteiger charge is 2.32. The SMILES string of the molecule is CCc1ccccc1NC(=O)c1cc(C)nc(N(C)C2CCS(=O)(=O)C2)n1. The van der Waals surface area contributed by atoms with E-state index < -0.39 is 9.84 Å². The van der Waals surface area contributed by atoms with Crippen LogP contribution in [0.2, 0.25) is 0 Å². The van der Waals surface area contributed by atoms with Gasteiger partial charge in [0.15, 0.2) is 9.84 Å². The lowest BCUT2D eigenvalue weighted by atomic mass is 10.1. The zero-order valence-corrected chi connectivity index (χ0v) is 16.6. The summed E-state index contributed by atoms with van der Waals surface area (Å²) in [6, 6.07) is 9.11. The third kappa shape index (κ3) is 4.44. The number of carbonyl (C=O) groups is 1. The molecule has 7 nitrogen and oxygen atoms in total. The van der Waals surface area contributed by atoms with E-state index in [0.717, 1.165) is 17.7 Å². The maximum Gasteiger partial charge on any atom is 0.274 e. The molecule has 8 heteroatoms. The number of para-hydroxylation sites is 1. The Balaban J connectivity index is 1.83. The minimum absolute atomic E-state index is 0.0895. The van der Waals surface area contributed by atoms with Crippen molar-refractivity contribution in [3.8, 4) is 0 Å². The van der Waals surface area contributed by atoms with Gasteiger partial charge in [-0.2, -0.15) is 0 Å². The molecule has 1 aromatic carbocycles. The van der Waals surface area contributed by atoms with Crippen LogP contribution in [-0.4, -0.2) is 48.9 Å². The number of nitrogens with zero attached hydrogens (tertiary/aromatic N) is 3. The van der Waals surface area contributed by atoms with Crippen LogP contribution in [0.15, 0.2) is 30.3 Å². The van der Waals surface area contributed by atoms with Crippen LogP contribution in [0.5, 0.6) is 0 Å². The van der Waals surface area contributed by atoms with E-state index in [1.54, 1.807) is 24.9 Å². The molecule has 3 rings (SSSR count). The van der Waals surface area contributed by atoms with Gasteiger partial charge in [-0.15, -0.1) is 0 Å². The number of carbonyl (C=O) groups excluding carboxylic acids is 1. The van der Waals surface area contributed by atoms with Crippen LogP contribution in [-0.2, 0) is 16.3 Å². The first-order valence-electron chi connectivity index (χ1n) is 8.97. The molecule has 1 aliphatic rings. The number of rotatable bonds is 5. The first kappa shape index (κ1) is 19.3. The molecule has 1 aliphatic heterocycles. The highest BCUT2D eigenvalue weighted by atomic mass is 32.2. The molecule has 144 valence electrons. The van der Waals surface area contributed by atoms with E-state index in [-0.39, 0.29) is 29.1 Å². The van der Waals surface area contributed by atoms with Crippen molar-refractivity contribution >= 4 is 27.4 Å². The summed E-state index contributed by atoms with van der Waals surface area (Å²) in [7, 11) is -1.24. The Labute approximate surface area is 159 Å².